The molecule has 1 aromatic rings. The van der Waals surface area contributed by atoms with E-state index >= 15 is 0 Å². The first-order chi connectivity index (χ1) is 7.59. The van der Waals surface area contributed by atoms with E-state index in [1.807, 2.05) is 0 Å². The Bertz CT molecular complexity index is 348. The van der Waals surface area contributed by atoms with Crippen LogP contribution in [0.1, 0.15) is 12.7 Å². The highest BCUT2D eigenvalue weighted by Gasteiger charge is 2.11. The third kappa shape index (κ3) is 4.14. The Morgan fingerprint density at radius 1 is 1.56 bits per heavy atom. The predicted octanol–water partition coefficient (Wildman–Crippen LogP) is -0.0415. The molecule has 16 heavy (non-hydrogen) atoms. The third-order valence-electron chi connectivity index (χ3n) is 1.98. The molecule has 0 aliphatic heterocycles. The van der Waals surface area contributed by atoms with Crippen LogP contribution in [0.3, 0.4) is 0 Å². The summed E-state index contributed by atoms with van der Waals surface area (Å²) in [4.78, 5) is 21.7. The second-order valence-electron chi connectivity index (χ2n) is 3.30. The van der Waals surface area contributed by atoms with E-state index < -0.39 is 12.0 Å². The number of hydrogen-bond acceptors (Lipinski definition) is 4. The number of hydrogen-bond donors (Lipinski definition) is 3. The molecule has 0 bridgehead atoms. The zero-order valence-electron chi connectivity index (χ0n) is 8.90. The topological polar surface area (TPSA) is 91.6 Å². The molecule has 1 heterocycles. The molecule has 0 aliphatic rings. The van der Waals surface area contributed by atoms with Gasteiger partial charge in [-0.3, -0.25) is 14.9 Å². The molecule has 3 N–H and O–H groups in total. The average Bonchev–Trinajstić information content (AvgIpc) is 2.75. The molecule has 88 valence electrons. The van der Waals surface area contributed by atoms with Crippen molar-refractivity contribution in [1.29, 1.82) is 0 Å². The lowest BCUT2D eigenvalue weighted by atomic mass is 10.3. The molecule has 0 unspecified atom stereocenters. The Morgan fingerprint density at radius 3 is 2.88 bits per heavy atom. The average molecular weight is 226 g/mol. The van der Waals surface area contributed by atoms with Crippen LogP contribution in [0.25, 0.3) is 0 Å². The number of aliphatic carboxylic acids is 1. The van der Waals surface area contributed by atoms with Crippen molar-refractivity contribution < 1.29 is 19.1 Å². The molecule has 6 nitrogen and oxygen atoms in total. The fraction of sp³-hybridized carbons (Fsp3) is 0.400. The maximum absolute atomic E-state index is 11.3. The van der Waals surface area contributed by atoms with Gasteiger partial charge in [-0.25, -0.2) is 0 Å². The summed E-state index contributed by atoms with van der Waals surface area (Å²) >= 11 is 0. The van der Waals surface area contributed by atoms with E-state index in [1.165, 1.54) is 13.2 Å². The van der Waals surface area contributed by atoms with Crippen molar-refractivity contribution in [1.82, 2.24) is 10.6 Å². The lowest BCUT2D eigenvalue weighted by molar-refractivity contribution is -0.139. The molecule has 0 spiro atoms. The Kier molecular flexibility index (Phi) is 4.53. The van der Waals surface area contributed by atoms with Crippen molar-refractivity contribution in [3.8, 4) is 0 Å². The smallest absolute Gasteiger partial charge is 0.320 e. The number of nitrogens with one attached hydrogen (secondary N) is 2. The summed E-state index contributed by atoms with van der Waals surface area (Å²) in [6.45, 7) is 1.74. The highest BCUT2D eigenvalue weighted by molar-refractivity contribution is 5.79. The van der Waals surface area contributed by atoms with Crippen LogP contribution in [-0.2, 0) is 16.1 Å². The van der Waals surface area contributed by atoms with Crippen LogP contribution in [0.4, 0.5) is 0 Å². The summed E-state index contributed by atoms with van der Waals surface area (Å²) in [5.74, 6) is -0.608. The lowest BCUT2D eigenvalue weighted by Crippen LogP contribution is -2.41. The van der Waals surface area contributed by atoms with Crippen molar-refractivity contribution in [3.05, 3.63) is 24.2 Å². The summed E-state index contributed by atoms with van der Waals surface area (Å²) in [6, 6.07) is 2.73. The molecule has 1 aromatic heterocycles. The SMILES string of the molecule is C[C@@H](NCC(=O)NCc1ccco1)C(=O)O. The van der Waals surface area contributed by atoms with E-state index in [1.54, 1.807) is 12.1 Å². The Labute approximate surface area is 92.6 Å². The van der Waals surface area contributed by atoms with Crippen LogP contribution in [0.2, 0.25) is 0 Å². The normalized spacial score (nSPS) is 12.1. The van der Waals surface area contributed by atoms with Crippen LogP contribution in [-0.4, -0.2) is 29.6 Å². The van der Waals surface area contributed by atoms with E-state index in [9.17, 15) is 9.59 Å². The van der Waals surface area contributed by atoms with Gasteiger partial charge in [0.25, 0.3) is 0 Å². The summed E-state index contributed by atoms with van der Waals surface area (Å²) < 4.78 is 5.02. The van der Waals surface area contributed by atoms with Gasteiger partial charge in [0, 0.05) is 0 Å². The van der Waals surface area contributed by atoms with Crippen molar-refractivity contribution in [3.63, 3.8) is 0 Å². The fourth-order valence-corrected chi connectivity index (χ4v) is 0.994. The van der Waals surface area contributed by atoms with Crippen LogP contribution in [0, 0.1) is 0 Å². The van der Waals surface area contributed by atoms with Gasteiger partial charge in [-0.15, -0.1) is 0 Å². The van der Waals surface area contributed by atoms with Gasteiger partial charge in [0.2, 0.25) is 5.91 Å². The zero-order chi connectivity index (χ0) is 12.0. The van der Waals surface area contributed by atoms with Crippen molar-refractivity contribution in [2.75, 3.05) is 6.54 Å². The van der Waals surface area contributed by atoms with Crippen molar-refractivity contribution in [2.24, 2.45) is 0 Å². The molecule has 1 rings (SSSR count). The molecule has 0 aliphatic carbocycles. The van der Waals surface area contributed by atoms with Crippen LogP contribution in [0.15, 0.2) is 22.8 Å². The molecule has 0 fully saturated rings. The zero-order valence-corrected chi connectivity index (χ0v) is 8.90. The summed E-state index contributed by atoms with van der Waals surface area (Å²) in [7, 11) is 0. The molecule has 6 heteroatoms. The van der Waals surface area contributed by atoms with Gasteiger partial charge in [0.05, 0.1) is 19.4 Å². The summed E-state index contributed by atoms with van der Waals surface area (Å²) in [5, 5.41) is 13.7. The highest BCUT2D eigenvalue weighted by atomic mass is 16.4. The van der Waals surface area contributed by atoms with Crippen LogP contribution < -0.4 is 10.6 Å². The quantitative estimate of drug-likeness (QED) is 0.633. The number of furan rings is 1. The minimum Gasteiger partial charge on any atom is -0.480 e. The Morgan fingerprint density at radius 2 is 2.31 bits per heavy atom. The van der Waals surface area contributed by atoms with Crippen molar-refractivity contribution in [2.45, 2.75) is 19.5 Å². The Hall–Kier alpha value is -1.82. The first kappa shape index (κ1) is 12.3. The largest absolute Gasteiger partial charge is 0.480 e. The molecule has 0 radical (unpaired) electrons. The maximum atomic E-state index is 11.3. The molecule has 0 saturated carbocycles. The predicted molar refractivity (Wildman–Crippen MR) is 55.7 cm³/mol. The number of carboxylic acids is 1. The fourth-order valence-electron chi connectivity index (χ4n) is 0.994. The minimum atomic E-state index is -0.987. The van der Waals surface area contributed by atoms with Gasteiger partial charge in [-0.05, 0) is 19.1 Å². The number of rotatable bonds is 6. The second kappa shape index (κ2) is 5.92. The number of amides is 1. The van der Waals surface area contributed by atoms with E-state index in [-0.39, 0.29) is 12.5 Å². The molecular weight excluding hydrogens is 212 g/mol. The molecule has 1 amide bonds. The second-order valence-corrected chi connectivity index (χ2v) is 3.30. The monoisotopic (exact) mass is 226 g/mol. The number of carbonyl (C=O) groups is 2. The summed E-state index contributed by atoms with van der Waals surface area (Å²) in [5.41, 5.74) is 0. The van der Waals surface area contributed by atoms with Gasteiger partial charge >= 0.3 is 5.97 Å². The van der Waals surface area contributed by atoms with Gasteiger partial charge in [-0.1, -0.05) is 0 Å². The molecule has 0 aromatic carbocycles. The number of carbonyl (C=O) groups excluding carboxylic acids is 1. The van der Waals surface area contributed by atoms with Gasteiger partial charge in [0.15, 0.2) is 0 Å². The van der Waals surface area contributed by atoms with E-state index in [0.29, 0.717) is 12.3 Å². The van der Waals surface area contributed by atoms with E-state index in [4.69, 9.17) is 9.52 Å². The lowest BCUT2D eigenvalue weighted by Gasteiger charge is -2.08. The van der Waals surface area contributed by atoms with E-state index in [2.05, 4.69) is 10.6 Å². The van der Waals surface area contributed by atoms with Crippen LogP contribution in [0.5, 0.6) is 0 Å². The van der Waals surface area contributed by atoms with Gasteiger partial charge in [0.1, 0.15) is 11.8 Å². The first-order valence-electron chi connectivity index (χ1n) is 4.85. The minimum absolute atomic E-state index is 0.0336. The van der Waals surface area contributed by atoms with Crippen molar-refractivity contribution >= 4 is 11.9 Å². The first-order valence-corrected chi connectivity index (χ1v) is 4.85. The number of carboxylic acid groups (broad SMARTS) is 1. The van der Waals surface area contributed by atoms with Gasteiger partial charge < -0.3 is 14.8 Å². The maximum Gasteiger partial charge on any atom is 0.320 e. The van der Waals surface area contributed by atoms with Gasteiger partial charge in [-0.2, -0.15) is 0 Å². The molecular formula is C10H14N2O4. The van der Waals surface area contributed by atoms with E-state index in [0.717, 1.165) is 0 Å². The molecule has 1 atom stereocenters. The standard InChI is InChI=1S/C10H14N2O4/c1-7(10(14)15)11-6-9(13)12-5-8-3-2-4-16-8/h2-4,7,11H,5-6H2,1H3,(H,12,13)(H,14,15)/t7-/m1/s1. The summed E-state index contributed by atoms with van der Waals surface area (Å²) in [6.07, 6.45) is 1.52. The Balaban J connectivity index is 2.19. The third-order valence-corrected chi connectivity index (χ3v) is 1.98. The van der Waals surface area contributed by atoms with Crippen LogP contribution >= 0.6 is 0 Å². The highest BCUT2D eigenvalue weighted by Crippen LogP contribution is 1.97. The molecule has 0 saturated heterocycles.